The van der Waals surface area contributed by atoms with Crippen LogP contribution in [-0.2, 0) is 9.53 Å². The van der Waals surface area contributed by atoms with Crippen molar-refractivity contribution >= 4 is 36.5 Å². The van der Waals surface area contributed by atoms with Crippen LogP contribution in [0.4, 0.5) is 5.82 Å². The summed E-state index contributed by atoms with van der Waals surface area (Å²) in [4.78, 5) is 22.3. The molecule has 8 heteroatoms. The summed E-state index contributed by atoms with van der Waals surface area (Å²) in [6.45, 7) is 8.10. The predicted molar refractivity (Wildman–Crippen MR) is 122 cm³/mol. The summed E-state index contributed by atoms with van der Waals surface area (Å²) in [7, 11) is 1.71. The van der Waals surface area contributed by atoms with Crippen LogP contribution in [0.25, 0.3) is 0 Å². The van der Waals surface area contributed by atoms with Gasteiger partial charge in [-0.2, -0.15) is 0 Å². The fourth-order valence-electron chi connectivity index (χ4n) is 4.49. The topological polar surface area (TPSA) is 57.7 Å². The van der Waals surface area contributed by atoms with Crippen LogP contribution in [0.5, 0.6) is 0 Å². The van der Waals surface area contributed by atoms with Crippen molar-refractivity contribution in [2.24, 2.45) is 11.3 Å². The Morgan fingerprint density at radius 3 is 2.52 bits per heavy atom. The van der Waals surface area contributed by atoms with Gasteiger partial charge >= 0.3 is 0 Å². The first-order valence-electron chi connectivity index (χ1n) is 10.3. The highest BCUT2D eigenvalue weighted by Crippen LogP contribution is 2.32. The van der Waals surface area contributed by atoms with Crippen LogP contribution in [0, 0.1) is 11.3 Å². The quantitative estimate of drug-likeness (QED) is 0.697. The Bertz CT molecular complexity index is 586. The first-order valence-corrected chi connectivity index (χ1v) is 10.3. The number of ether oxygens (including phenoxy) is 1. The molecule has 6 nitrogen and oxygen atoms in total. The number of anilines is 1. The third-order valence-electron chi connectivity index (χ3n) is 6.17. The molecule has 2 fully saturated rings. The molecule has 0 aromatic carbocycles. The monoisotopic (exact) mass is 446 g/mol. The van der Waals surface area contributed by atoms with Gasteiger partial charge in [0.2, 0.25) is 5.91 Å². The minimum absolute atomic E-state index is 0. The first kappa shape index (κ1) is 26.0. The molecule has 0 radical (unpaired) electrons. The van der Waals surface area contributed by atoms with E-state index >= 15 is 0 Å². The van der Waals surface area contributed by atoms with Gasteiger partial charge in [-0.15, -0.1) is 24.8 Å². The zero-order valence-electron chi connectivity index (χ0n) is 17.6. The summed E-state index contributed by atoms with van der Waals surface area (Å²) in [5.41, 5.74) is -0.343. The second kappa shape index (κ2) is 12.6. The average molecular weight is 447 g/mol. The second-order valence-corrected chi connectivity index (χ2v) is 7.93. The highest BCUT2D eigenvalue weighted by molar-refractivity contribution is 5.85. The minimum atomic E-state index is -0.343. The Morgan fingerprint density at radius 1 is 1.28 bits per heavy atom. The Kier molecular flexibility index (Phi) is 11.3. The van der Waals surface area contributed by atoms with Gasteiger partial charge in [0, 0.05) is 39.5 Å². The van der Waals surface area contributed by atoms with E-state index in [0.717, 1.165) is 70.8 Å². The minimum Gasteiger partial charge on any atom is -0.384 e. The fraction of sp³-hybridized carbons (Fsp3) is 0.714. The molecule has 0 aliphatic carbocycles. The van der Waals surface area contributed by atoms with Crippen molar-refractivity contribution in [2.75, 3.05) is 57.9 Å². The highest BCUT2D eigenvalue weighted by atomic mass is 35.5. The average Bonchev–Trinajstić information content (AvgIpc) is 2.73. The van der Waals surface area contributed by atoms with Crippen LogP contribution in [0.3, 0.4) is 0 Å². The lowest BCUT2D eigenvalue weighted by molar-refractivity contribution is -0.148. The van der Waals surface area contributed by atoms with Crippen LogP contribution in [0.1, 0.15) is 32.6 Å². The molecule has 29 heavy (non-hydrogen) atoms. The Labute approximate surface area is 187 Å². The third kappa shape index (κ3) is 6.45. The number of carbonyl (C=O) groups is 1. The molecule has 1 N–H and O–H groups in total. The number of nitrogens with one attached hydrogen (secondary N) is 1. The van der Waals surface area contributed by atoms with Crippen LogP contribution in [0.2, 0.25) is 0 Å². The lowest BCUT2D eigenvalue weighted by atomic mass is 9.78. The van der Waals surface area contributed by atoms with E-state index in [9.17, 15) is 4.79 Å². The summed E-state index contributed by atoms with van der Waals surface area (Å²) in [5.74, 6) is 1.92. The number of aromatic nitrogens is 1. The molecule has 1 amide bonds. The molecular weight excluding hydrogens is 411 g/mol. The molecule has 1 aromatic heterocycles. The van der Waals surface area contributed by atoms with Crippen LogP contribution >= 0.6 is 24.8 Å². The number of pyridine rings is 1. The van der Waals surface area contributed by atoms with Gasteiger partial charge in [0.05, 0.1) is 12.0 Å². The summed E-state index contributed by atoms with van der Waals surface area (Å²) in [6, 6.07) is 6.08. The molecule has 0 bridgehead atoms. The Hall–Kier alpha value is -1.08. The molecule has 0 saturated carbocycles. The highest BCUT2D eigenvalue weighted by Gasteiger charge is 2.42. The Balaban J connectivity index is 0.00000210. The molecule has 3 heterocycles. The number of rotatable bonds is 7. The van der Waals surface area contributed by atoms with E-state index in [0.29, 0.717) is 18.4 Å². The summed E-state index contributed by atoms with van der Waals surface area (Å²) in [5, 5.41) is 3.37. The Morgan fingerprint density at radius 2 is 1.97 bits per heavy atom. The van der Waals surface area contributed by atoms with E-state index in [-0.39, 0.29) is 30.2 Å². The maximum absolute atomic E-state index is 13.4. The van der Waals surface area contributed by atoms with E-state index in [1.165, 1.54) is 0 Å². The molecule has 0 atom stereocenters. The number of halogens is 2. The first-order chi connectivity index (χ1) is 13.2. The number of hydrogen-bond donors (Lipinski definition) is 1. The standard InChI is InChI=1S/C21H34N4O2.2ClH/c1-3-24(20(26)21(17-27-2)9-12-22-13-10-21)16-18-7-14-25(15-8-18)19-6-4-5-11-23-19;;/h4-6,11,18,22H,3,7-10,12-17H2,1-2H3;2*1H. The van der Waals surface area contributed by atoms with Gasteiger partial charge in [-0.1, -0.05) is 6.07 Å². The van der Waals surface area contributed by atoms with Crippen molar-refractivity contribution < 1.29 is 9.53 Å². The van der Waals surface area contributed by atoms with Crippen LogP contribution in [0.15, 0.2) is 24.4 Å². The van der Waals surface area contributed by atoms with Crippen molar-refractivity contribution in [3.8, 4) is 0 Å². The SMILES string of the molecule is CCN(CC1CCN(c2ccccn2)CC1)C(=O)C1(COC)CCNCC1.Cl.Cl. The van der Waals surface area contributed by atoms with E-state index in [2.05, 4.69) is 33.1 Å². The number of methoxy groups -OCH3 is 1. The van der Waals surface area contributed by atoms with Crippen molar-refractivity contribution in [1.82, 2.24) is 15.2 Å². The maximum atomic E-state index is 13.4. The lowest BCUT2D eigenvalue weighted by Gasteiger charge is -2.41. The van der Waals surface area contributed by atoms with Gasteiger partial charge in [0.25, 0.3) is 0 Å². The molecule has 2 aliphatic heterocycles. The lowest BCUT2D eigenvalue weighted by Crippen LogP contribution is -2.53. The second-order valence-electron chi connectivity index (χ2n) is 7.93. The van der Waals surface area contributed by atoms with Crippen molar-refractivity contribution in [1.29, 1.82) is 0 Å². The number of piperidine rings is 2. The van der Waals surface area contributed by atoms with E-state index < -0.39 is 0 Å². The van der Waals surface area contributed by atoms with Crippen LogP contribution < -0.4 is 10.2 Å². The third-order valence-corrected chi connectivity index (χ3v) is 6.17. The fourth-order valence-corrected chi connectivity index (χ4v) is 4.49. The number of nitrogens with zero attached hydrogens (tertiary/aromatic N) is 3. The van der Waals surface area contributed by atoms with Gasteiger partial charge in [-0.25, -0.2) is 4.98 Å². The van der Waals surface area contributed by atoms with Crippen molar-refractivity contribution in [3.63, 3.8) is 0 Å². The summed E-state index contributed by atoms with van der Waals surface area (Å²) < 4.78 is 5.46. The van der Waals surface area contributed by atoms with E-state index in [1.54, 1.807) is 7.11 Å². The normalized spacial score (nSPS) is 19.0. The van der Waals surface area contributed by atoms with Gasteiger partial charge in [-0.05, 0) is 63.7 Å². The molecule has 2 saturated heterocycles. The summed E-state index contributed by atoms with van der Waals surface area (Å²) >= 11 is 0. The van der Waals surface area contributed by atoms with Gasteiger partial charge in [0.1, 0.15) is 5.82 Å². The predicted octanol–water partition coefficient (Wildman–Crippen LogP) is 3.01. The molecule has 3 rings (SSSR count). The number of hydrogen-bond acceptors (Lipinski definition) is 5. The van der Waals surface area contributed by atoms with Gasteiger partial charge < -0.3 is 19.9 Å². The van der Waals surface area contributed by atoms with E-state index in [4.69, 9.17) is 4.74 Å². The molecule has 0 spiro atoms. The molecule has 166 valence electrons. The molecule has 2 aliphatic rings. The summed E-state index contributed by atoms with van der Waals surface area (Å²) in [6.07, 6.45) is 5.81. The molecule has 0 unspecified atom stereocenters. The maximum Gasteiger partial charge on any atom is 0.231 e. The molecule has 1 aromatic rings. The number of carbonyl (C=O) groups excluding carboxylic acids is 1. The van der Waals surface area contributed by atoms with Gasteiger partial charge in [0.15, 0.2) is 0 Å². The van der Waals surface area contributed by atoms with Gasteiger partial charge in [-0.3, -0.25) is 4.79 Å². The molecular formula is C21H36Cl2N4O2. The van der Waals surface area contributed by atoms with Crippen molar-refractivity contribution in [3.05, 3.63) is 24.4 Å². The van der Waals surface area contributed by atoms with Crippen LogP contribution in [-0.4, -0.2) is 68.8 Å². The van der Waals surface area contributed by atoms with Crippen molar-refractivity contribution in [2.45, 2.75) is 32.6 Å². The van der Waals surface area contributed by atoms with E-state index in [1.807, 2.05) is 18.3 Å². The zero-order valence-corrected chi connectivity index (χ0v) is 19.3. The zero-order chi connectivity index (χ0) is 19.1. The number of amides is 1. The smallest absolute Gasteiger partial charge is 0.231 e. The largest absolute Gasteiger partial charge is 0.384 e.